The molecule has 0 heterocycles. The van der Waals surface area contributed by atoms with Crippen molar-refractivity contribution < 1.29 is 10.2 Å². The molecule has 0 radical (unpaired) electrons. The van der Waals surface area contributed by atoms with Crippen LogP contribution in [0.4, 0.5) is 0 Å². The molecule has 2 N–H and O–H groups in total. The Kier molecular flexibility index (Phi) is 4.84. The number of aliphatic hydroxyl groups is 2. The average Bonchev–Trinajstić information content (AvgIpc) is 2.98. The molecule has 4 aliphatic rings. The van der Waals surface area contributed by atoms with Crippen LogP contribution in [0.3, 0.4) is 0 Å². The fourth-order valence-corrected chi connectivity index (χ4v) is 8.19. The van der Waals surface area contributed by atoms with Crippen LogP contribution in [0.1, 0.15) is 85.5 Å². The molecule has 0 bridgehead atoms. The van der Waals surface area contributed by atoms with Crippen molar-refractivity contribution >= 4 is 0 Å². The van der Waals surface area contributed by atoms with Crippen molar-refractivity contribution in [3.8, 4) is 0 Å². The zero-order chi connectivity index (χ0) is 18.7. The molecule has 26 heavy (non-hydrogen) atoms. The average molecular weight is 361 g/mol. The maximum absolute atomic E-state index is 10.5. The predicted molar refractivity (Wildman–Crippen MR) is 107 cm³/mol. The van der Waals surface area contributed by atoms with Crippen LogP contribution in [0.25, 0.3) is 0 Å². The molecule has 0 aliphatic heterocycles. The normalized spacial score (nSPS) is 50.2. The molecular formula is C24H40O2. The van der Waals surface area contributed by atoms with Gasteiger partial charge in [-0.2, -0.15) is 0 Å². The monoisotopic (exact) mass is 360 g/mol. The number of rotatable bonds is 3. The molecule has 2 heteroatoms. The lowest BCUT2D eigenvalue weighted by Crippen LogP contribution is -2.51. The molecule has 0 aromatic heterocycles. The van der Waals surface area contributed by atoms with Gasteiger partial charge in [0.25, 0.3) is 0 Å². The van der Waals surface area contributed by atoms with Crippen LogP contribution in [0.15, 0.2) is 11.6 Å². The number of aliphatic hydroxyl groups excluding tert-OH is 2. The van der Waals surface area contributed by atoms with Gasteiger partial charge in [-0.1, -0.05) is 39.3 Å². The highest BCUT2D eigenvalue weighted by atomic mass is 16.3. The van der Waals surface area contributed by atoms with Gasteiger partial charge in [-0.15, -0.1) is 0 Å². The fraction of sp³-hybridized carbons (Fsp3) is 0.917. The first kappa shape index (κ1) is 19.0. The number of allylic oxidation sites excluding steroid dienone is 1. The lowest BCUT2D eigenvalue weighted by molar-refractivity contribution is -0.0674. The van der Waals surface area contributed by atoms with E-state index in [2.05, 4.69) is 33.8 Å². The standard InChI is InChI=1S/C24H40O2/c1-5-22(26)15(2)19-8-9-20-18-7-6-16-14-17(25)10-12-23(16,3)21(18)11-13-24(19,20)4/h6,15,17-22,25-26H,5,7-14H2,1-4H3/t15-,17-,18?,19?,20?,21?,22-,23-,24+/m0/s1. The van der Waals surface area contributed by atoms with Gasteiger partial charge in [-0.3, -0.25) is 0 Å². The molecule has 148 valence electrons. The number of hydrogen-bond acceptors (Lipinski definition) is 2. The van der Waals surface area contributed by atoms with Gasteiger partial charge >= 0.3 is 0 Å². The zero-order valence-corrected chi connectivity index (χ0v) is 17.4. The number of hydrogen-bond donors (Lipinski definition) is 2. The topological polar surface area (TPSA) is 40.5 Å². The summed E-state index contributed by atoms with van der Waals surface area (Å²) in [6.07, 6.45) is 12.9. The Hall–Kier alpha value is -0.340. The first-order valence-electron chi connectivity index (χ1n) is 11.4. The van der Waals surface area contributed by atoms with Crippen LogP contribution >= 0.6 is 0 Å². The van der Waals surface area contributed by atoms with Crippen molar-refractivity contribution in [1.82, 2.24) is 0 Å². The van der Waals surface area contributed by atoms with E-state index in [1.165, 1.54) is 38.5 Å². The molecule has 0 saturated heterocycles. The van der Waals surface area contributed by atoms with E-state index in [1.807, 2.05) is 0 Å². The summed E-state index contributed by atoms with van der Waals surface area (Å²) in [5, 5.41) is 20.7. The van der Waals surface area contributed by atoms with E-state index in [0.29, 0.717) is 22.7 Å². The van der Waals surface area contributed by atoms with E-state index in [1.54, 1.807) is 5.57 Å². The molecule has 0 aromatic carbocycles. The van der Waals surface area contributed by atoms with E-state index < -0.39 is 0 Å². The molecule has 3 saturated carbocycles. The van der Waals surface area contributed by atoms with Gasteiger partial charge in [0.1, 0.15) is 0 Å². The van der Waals surface area contributed by atoms with Gasteiger partial charge in [0.05, 0.1) is 12.2 Å². The summed E-state index contributed by atoms with van der Waals surface area (Å²) in [5.74, 6) is 3.60. The van der Waals surface area contributed by atoms with Crippen molar-refractivity contribution in [2.45, 2.75) is 97.7 Å². The Morgan fingerprint density at radius 2 is 1.88 bits per heavy atom. The second-order valence-corrected chi connectivity index (χ2v) is 10.7. The molecule has 4 aliphatic carbocycles. The highest BCUT2D eigenvalue weighted by Crippen LogP contribution is 2.67. The maximum atomic E-state index is 10.5. The summed E-state index contributed by atoms with van der Waals surface area (Å²) < 4.78 is 0. The van der Waals surface area contributed by atoms with E-state index in [9.17, 15) is 10.2 Å². The Labute approximate surface area is 160 Å². The van der Waals surface area contributed by atoms with Gasteiger partial charge in [0.15, 0.2) is 0 Å². The van der Waals surface area contributed by atoms with Crippen molar-refractivity contribution in [3.63, 3.8) is 0 Å². The molecule has 9 atom stereocenters. The van der Waals surface area contributed by atoms with Crippen molar-refractivity contribution in [2.75, 3.05) is 0 Å². The van der Waals surface area contributed by atoms with Gasteiger partial charge in [0.2, 0.25) is 0 Å². The lowest BCUT2D eigenvalue weighted by Gasteiger charge is -2.58. The summed E-state index contributed by atoms with van der Waals surface area (Å²) in [7, 11) is 0. The summed E-state index contributed by atoms with van der Waals surface area (Å²) >= 11 is 0. The second-order valence-electron chi connectivity index (χ2n) is 10.7. The summed E-state index contributed by atoms with van der Waals surface area (Å²) in [6.45, 7) is 9.51. The minimum absolute atomic E-state index is 0.105. The van der Waals surface area contributed by atoms with Crippen molar-refractivity contribution in [1.29, 1.82) is 0 Å². The molecule has 0 aromatic rings. The Morgan fingerprint density at radius 1 is 1.12 bits per heavy atom. The molecule has 2 nitrogen and oxygen atoms in total. The third-order valence-electron chi connectivity index (χ3n) is 9.81. The smallest absolute Gasteiger partial charge is 0.0577 e. The number of fused-ring (bicyclic) bond motifs is 5. The quantitative estimate of drug-likeness (QED) is 0.668. The summed E-state index contributed by atoms with van der Waals surface area (Å²) in [6, 6.07) is 0. The van der Waals surface area contributed by atoms with E-state index in [4.69, 9.17) is 0 Å². The minimum Gasteiger partial charge on any atom is -0.393 e. The predicted octanol–water partition coefficient (Wildman–Crippen LogP) is 5.33. The highest BCUT2D eigenvalue weighted by Gasteiger charge is 2.59. The van der Waals surface area contributed by atoms with Crippen LogP contribution in [-0.4, -0.2) is 22.4 Å². The van der Waals surface area contributed by atoms with Crippen LogP contribution < -0.4 is 0 Å². The molecule has 0 amide bonds. The molecular weight excluding hydrogens is 320 g/mol. The SMILES string of the molecule is CC[C@H](O)[C@@H](C)C1CCC2C3CC=C4C[C@@H](O)CC[C@]4(C)C3CC[C@@]21C. The first-order chi connectivity index (χ1) is 12.3. The Bertz CT molecular complexity index is 569. The lowest BCUT2D eigenvalue weighted by atomic mass is 9.47. The van der Waals surface area contributed by atoms with E-state index in [0.717, 1.165) is 37.0 Å². The fourth-order valence-electron chi connectivity index (χ4n) is 8.19. The molecule has 3 fully saturated rings. The van der Waals surface area contributed by atoms with E-state index >= 15 is 0 Å². The van der Waals surface area contributed by atoms with Gasteiger partial charge in [-0.25, -0.2) is 0 Å². The van der Waals surface area contributed by atoms with Gasteiger partial charge in [0, 0.05) is 0 Å². The Morgan fingerprint density at radius 3 is 2.62 bits per heavy atom. The van der Waals surface area contributed by atoms with Gasteiger partial charge < -0.3 is 10.2 Å². The summed E-state index contributed by atoms with van der Waals surface area (Å²) in [5.41, 5.74) is 2.34. The zero-order valence-electron chi connectivity index (χ0n) is 17.4. The third kappa shape index (κ3) is 2.65. The van der Waals surface area contributed by atoms with Crippen molar-refractivity contribution in [2.24, 2.45) is 40.4 Å². The van der Waals surface area contributed by atoms with Crippen LogP contribution in [0.5, 0.6) is 0 Å². The highest BCUT2D eigenvalue weighted by molar-refractivity contribution is 5.25. The van der Waals surface area contributed by atoms with Crippen LogP contribution in [0.2, 0.25) is 0 Å². The Balaban J connectivity index is 1.60. The summed E-state index contributed by atoms with van der Waals surface area (Å²) in [4.78, 5) is 0. The minimum atomic E-state index is -0.136. The van der Waals surface area contributed by atoms with Crippen molar-refractivity contribution in [3.05, 3.63) is 11.6 Å². The van der Waals surface area contributed by atoms with Gasteiger partial charge in [-0.05, 0) is 98.2 Å². The second kappa shape index (κ2) is 6.62. The first-order valence-corrected chi connectivity index (χ1v) is 11.4. The van der Waals surface area contributed by atoms with Crippen LogP contribution in [0, 0.1) is 40.4 Å². The maximum Gasteiger partial charge on any atom is 0.0577 e. The van der Waals surface area contributed by atoms with Crippen LogP contribution in [-0.2, 0) is 0 Å². The molecule has 4 unspecified atom stereocenters. The molecule has 0 spiro atoms. The van der Waals surface area contributed by atoms with E-state index in [-0.39, 0.29) is 12.2 Å². The third-order valence-corrected chi connectivity index (χ3v) is 9.81. The molecule has 4 rings (SSSR count). The largest absolute Gasteiger partial charge is 0.393 e.